The van der Waals surface area contributed by atoms with Gasteiger partial charge in [0.2, 0.25) is 0 Å². The van der Waals surface area contributed by atoms with E-state index in [1.807, 2.05) is 37.2 Å². The first-order valence-corrected chi connectivity index (χ1v) is 10.0. The molecule has 0 saturated carbocycles. The van der Waals surface area contributed by atoms with E-state index in [-0.39, 0.29) is 5.82 Å². The van der Waals surface area contributed by atoms with Crippen molar-refractivity contribution in [1.29, 1.82) is 0 Å². The molecule has 4 rings (SSSR count). The number of likely N-dealkylation sites (tertiary alicyclic amines) is 1. The van der Waals surface area contributed by atoms with Crippen LogP contribution in [0.25, 0.3) is 11.4 Å². The summed E-state index contributed by atoms with van der Waals surface area (Å²) < 4.78 is 13.5. The molecule has 0 aliphatic carbocycles. The Morgan fingerprint density at radius 1 is 1.10 bits per heavy atom. The fourth-order valence-corrected chi connectivity index (χ4v) is 3.86. The Morgan fingerprint density at radius 2 is 1.93 bits per heavy atom. The van der Waals surface area contributed by atoms with Crippen molar-refractivity contribution < 1.29 is 4.39 Å². The van der Waals surface area contributed by atoms with E-state index in [0.717, 1.165) is 60.9 Å². The SMILES string of the molecule is CN(C)c1cc([C@H]2CCCN(Cc3cccc(F)c3)C2)nc(-c2ccncc2)n1. The first-order valence-electron chi connectivity index (χ1n) is 10.0. The highest BCUT2D eigenvalue weighted by Crippen LogP contribution is 2.30. The average Bonchev–Trinajstić information content (AvgIpc) is 2.74. The molecule has 1 aliphatic rings. The fourth-order valence-electron chi connectivity index (χ4n) is 3.86. The third kappa shape index (κ3) is 4.77. The maximum absolute atomic E-state index is 13.5. The largest absolute Gasteiger partial charge is 0.363 e. The van der Waals surface area contributed by atoms with Crippen LogP contribution in [0.5, 0.6) is 0 Å². The maximum Gasteiger partial charge on any atom is 0.161 e. The molecule has 0 bridgehead atoms. The Balaban J connectivity index is 1.58. The van der Waals surface area contributed by atoms with Crippen molar-refractivity contribution in [3.63, 3.8) is 0 Å². The highest BCUT2D eigenvalue weighted by molar-refractivity contribution is 5.57. The van der Waals surface area contributed by atoms with E-state index in [9.17, 15) is 4.39 Å². The second-order valence-corrected chi connectivity index (χ2v) is 7.81. The van der Waals surface area contributed by atoms with Gasteiger partial charge in [0.15, 0.2) is 5.82 Å². The minimum absolute atomic E-state index is 0.176. The van der Waals surface area contributed by atoms with E-state index >= 15 is 0 Å². The summed E-state index contributed by atoms with van der Waals surface area (Å²) in [5, 5.41) is 0. The van der Waals surface area contributed by atoms with Crippen LogP contribution in [0.3, 0.4) is 0 Å². The number of hydrogen-bond acceptors (Lipinski definition) is 5. The van der Waals surface area contributed by atoms with Crippen LogP contribution >= 0.6 is 0 Å². The van der Waals surface area contributed by atoms with Crippen molar-refractivity contribution in [2.75, 3.05) is 32.1 Å². The molecule has 1 atom stereocenters. The Hall–Kier alpha value is -2.86. The van der Waals surface area contributed by atoms with Crippen molar-refractivity contribution >= 4 is 5.82 Å². The molecule has 1 fully saturated rings. The third-order valence-electron chi connectivity index (χ3n) is 5.35. The van der Waals surface area contributed by atoms with E-state index < -0.39 is 0 Å². The number of rotatable bonds is 5. The van der Waals surface area contributed by atoms with Gasteiger partial charge in [0.25, 0.3) is 0 Å². The van der Waals surface area contributed by atoms with Gasteiger partial charge in [-0.15, -0.1) is 0 Å². The highest BCUT2D eigenvalue weighted by atomic mass is 19.1. The van der Waals surface area contributed by atoms with Gasteiger partial charge in [-0.1, -0.05) is 12.1 Å². The van der Waals surface area contributed by atoms with Crippen LogP contribution in [0.2, 0.25) is 0 Å². The Morgan fingerprint density at radius 3 is 2.69 bits per heavy atom. The molecule has 1 aromatic carbocycles. The summed E-state index contributed by atoms with van der Waals surface area (Å²) in [5.74, 6) is 1.80. The lowest BCUT2D eigenvalue weighted by molar-refractivity contribution is 0.198. The molecule has 0 radical (unpaired) electrons. The number of hydrogen-bond donors (Lipinski definition) is 0. The maximum atomic E-state index is 13.5. The second kappa shape index (κ2) is 8.66. The fraction of sp³-hybridized carbons (Fsp3) is 0.348. The molecule has 150 valence electrons. The molecule has 3 aromatic rings. The average molecular weight is 391 g/mol. The van der Waals surface area contributed by atoms with Crippen molar-refractivity contribution in [3.8, 4) is 11.4 Å². The Labute approximate surface area is 171 Å². The van der Waals surface area contributed by atoms with Gasteiger partial charge >= 0.3 is 0 Å². The van der Waals surface area contributed by atoms with Gasteiger partial charge in [0.05, 0.1) is 5.69 Å². The van der Waals surface area contributed by atoms with Crippen LogP contribution < -0.4 is 4.90 Å². The van der Waals surface area contributed by atoms with E-state index in [1.54, 1.807) is 24.5 Å². The molecule has 2 aromatic heterocycles. The normalized spacial score (nSPS) is 17.3. The van der Waals surface area contributed by atoms with E-state index in [4.69, 9.17) is 9.97 Å². The lowest BCUT2D eigenvalue weighted by atomic mass is 9.94. The van der Waals surface area contributed by atoms with Crippen LogP contribution in [-0.2, 0) is 6.54 Å². The number of halogens is 1. The molecular formula is C23H26FN5. The molecule has 1 saturated heterocycles. The topological polar surface area (TPSA) is 45.2 Å². The highest BCUT2D eigenvalue weighted by Gasteiger charge is 2.24. The number of nitrogens with zero attached hydrogens (tertiary/aromatic N) is 5. The summed E-state index contributed by atoms with van der Waals surface area (Å²) in [4.78, 5) is 18.1. The molecule has 3 heterocycles. The zero-order chi connectivity index (χ0) is 20.2. The van der Waals surface area contributed by atoms with Gasteiger partial charge in [0, 0.05) is 57.1 Å². The first kappa shape index (κ1) is 19.5. The van der Waals surface area contributed by atoms with Gasteiger partial charge in [-0.05, 0) is 49.2 Å². The number of aromatic nitrogens is 3. The van der Waals surface area contributed by atoms with Gasteiger partial charge < -0.3 is 4.90 Å². The van der Waals surface area contributed by atoms with Crippen LogP contribution in [0.4, 0.5) is 10.2 Å². The Bertz CT molecular complexity index is 960. The van der Waals surface area contributed by atoms with Crippen LogP contribution in [0.1, 0.15) is 30.0 Å². The molecule has 29 heavy (non-hydrogen) atoms. The summed E-state index contributed by atoms with van der Waals surface area (Å²) >= 11 is 0. The van der Waals surface area contributed by atoms with E-state index in [1.165, 1.54) is 6.07 Å². The minimum atomic E-state index is -0.176. The number of pyridine rings is 1. The molecule has 1 aliphatic heterocycles. The van der Waals surface area contributed by atoms with Crippen molar-refractivity contribution in [2.24, 2.45) is 0 Å². The molecule has 5 nitrogen and oxygen atoms in total. The first-order chi connectivity index (χ1) is 14.1. The smallest absolute Gasteiger partial charge is 0.161 e. The molecule has 0 unspecified atom stereocenters. The predicted octanol–water partition coefficient (Wildman–Crippen LogP) is 4.12. The molecule has 6 heteroatoms. The molecule has 0 amide bonds. The standard InChI is InChI=1S/C23H26FN5/c1-28(2)22-14-21(26-23(27-22)18-8-10-25-11-9-18)19-6-4-12-29(16-19)15-17-5-3-7-20(24)13-17/h3,5,7-11,13-14,19H,4,6,12,15-16H2,1-2H3/t19-/m0/s1. The lowest BCUT2D eigenvalue weighted by Crippen LogP contribution is -2.34. The van der Waals surface area contributed by atoms with Crippen molar-refractivity contribution in [3.05, 3.63) is 71.9 Å². The third-order valence-corrected chi connectivity index (χ3v) is 5.35. The summed E-state index contributed by atoms with van der Waals surface area (Å²) in [6.07, 6.45) is 5.73. The minimum Gasteiger partial charge on any atom is -0.363 e. The summed E-state index contributed by atoms with van der Waals surface area (Å²) in [6, 6.07) is 12.9. The van der Waals surface area contributed by atoms with Crippen molar-refractivity contribution in [2.45, 2.75) is 25.3 Å². The van der Waals surface area contributed by atoms with Crippen LogP contribution in [-0.4, -0.2) is 47.0 Å². The Kier molecular flexibility index (Phi) is 5.81. The lowest BCUT2D eigenvalue weighted by Gasteiger charge is -2.33. The van der Waals surface area contributed by atoms with Gasteiger partial charge in [-0.3, -0.25) is 9.88 Å². The molecule has 0 N–H and O–H groups in total. The van der Waals surface area contributed by atoms with Crippen LogP contribution in [0, 0.1) is 5.82 Å². The summed E-state index contributed by atoms with van der Waals surface area (Å²) in [6.45, 7) is 2.70. The van der Waals surface area contributed by atoms with Gasteiger partial charge in [-0.2, -0.15) is 0 Å². The van der Waals surface area contributed by atoms with Crippen molar-refractivity contribution in [1.82, 2.24) is 19.9 Å². The zero-order valence-corrected chi connectivity index (χ0v) is 16.9. The van der Waals surface area contributed by atoms with E-state index in [0.29, 0.717) is 5.92 Å². The second-order valence-electron chi connectivity index (χ2n) is 7.81. The summed E-state index contributed by atoms with van der Waals surface area (Å²) in [7, 11) is 4.00. The number of piperidine rings is 1. The monoisotopic (exact) mass is 391 g/mol. The zero-order valence-electron chi connectivity index (χ0n) is 16.9. The van der Waals surface area contributed by atoms with Gasteiger partial charge in [-0.25, -0.2) is 14.4 Å². The van der Waals surface area contributed by atoms with Crippen LogP contribution in [0.15, 0.2) is 54.9 Å². The number of benzene rings is 1. The van der Waals surface area contributed by atoms with E-state index in [2.05, 4.69) is 16.0 Å². The predicted molar refractivity (Wildman–Crippen MR) is 113 cm³/mol. The molecular weight excluding hydrogens is 365 g/mol. The molecule has 0 spiro atoms. The quantitative estimate of drug-likeness (QED) is 0.655. The van der Waals surface area contributed by atoms with Gasteiger partial charge in [0.1, 0.15) is 11.6 Å². The number of anilines is 1. The summed E-state index contributed by atoms with van der Waals surface area (Å²) in [5.41, 5.74) is 3.05.